The van der Waals surface area contributed by atoms with Crippen molar-refractivity contribution in [1.29, 1.82) is 0 Å². The molecule has 0 aromatic heterocycles. The molecule has 1 N–H and O–H groups in total. The number of hydrogen-bond donors (Lipinski definition) is 1. The number of aryl methyl sites for hydroxylation is 1. The molecule has 1 amide bonds. The van der Waals surface area contributed by atoms with Crippen LogP contribution in [-0.2, 0) is 9.53 Å². The first kappa shape index (κ1) is 19.4. The second-order valence-electron chi connectivity index (χ2n) is 6.68. The molecule has 0 radical (unpaired) electrons. The van der Waals surface area contributed by atoms with Gasteiger partial charge in [-0.3, -0.25) is 4.79 Å². The number of benzene rings is 3. The van der Waals surface area contributed by atoms with E-state index in [-0.39, 0.29) is 11.9 Å². The molecule has 0 spiro atoms. The van der Waals surface area contributed by atoms with Crippen LogP contribution in [0.5, 0.6) is 0 Å². The molecule has 0 aliphatic carbocycles. The van der Waals surface area contributed by atoms with Crippen molar-refractivity contribution < 1.29 is 14.3 Å². The summed E-state index contributed by atoms with van der Waals surface area (Å²) in [5.74, 6) is -0.860. The van der Waals surface area contributed by atoms with Gasteiger partial charge in [0, 0.05) is 0 Å². The summed E-state index contributed by atoms with van der Waals surface area (Å²) in [6.45, 7) is 3.48. The number of rotatable bonds is 6. The summed E-state index contributed by atoms with van der Waals surface area (Å²) in [4.78, 5) is 25.1. The maximum Gasteiger partial charge on any atom is 0.338 e. The minimum atomic E-state index is -0.914. The van der Waals surface area contributed by atoms with Crippen molar-refractivity contribution in [3.05, 3.63) is 107 Å². The SMILES string of the molecule is Cc1cccc(C(=O)O[C@@H](C)C(=O)NC(c2ccccc2)c2ccccc2)c1. The van der Waals surface area contributed by atoms with Gasteiger partial charge >= 0.3 is 5.97 Å². The van der Waals surface area contributed by atoms with Gasteiger partial charge in [-0.05, 0) is 37.1 Å². The number of esters is 1. The summed E-state index contributed by atoms with van der Waals surface area (Å²) in [5.41, 5.74) is 3.31. The van der Waals surface area contributed by atoms with E-state index in [1.54, 1.807) is 25.1 Å². The predicted molar refractivity (Wildman–Crippen MR) is 109 cm³/mol. The summed E-state index contributed by atoms with van der Waals surface area (Å²) in [6, 6.07) is 26.2. The van der Waals surface area contributed by atoms with Crippen LogP contribution in [0.2, 0.25) is 0 Å². The highest BCUT2D eigenvalue weighted by molar-refractivity contribution is 5.92. The summed E-state index contributed by atoms with van der Waals surface area (Å²) in [5, 5.41) is 3.00. The minimum Gasteiger partial charge on any atom is -0.449 e. The van der Waals surface area contributed by atoms with E-state index in [9.17, 15) is 9.59 Å². The number of hydrogen-bond acceptors (Lipinski definition) is 3. The molecule has 142 valence electrons. The van der Waals surface area contributed by atoms with E-state index in [1.165, 1.54) is 0 Å². The fourth-order valence-corrected chi connectivity index (χ4v) is 2.96. The molecular weight excluding hydrogens is 350 g/mol. The quantitative estimate of drug-likeness (QED) is 0.650. The van der Waals surface area contributed by atoms with Crippen LogP contribution >= 0.6 is 0 Å². The van der Waals surface area contributed by atoms with Crippen molar-refractivity contribution in [1.82, 2.24) is 5.32 Å². The highest BCUT2D eigenvalue weighted by Gasteiger charge is 2.23. The Hall–Kier alpha value is -3.40. The van der Waals surface area contributed by atoms with Crippen LogP contribution in [0.4, 0.5) is 0 Å². The van der Waals surface area contributed by atoms with E-state index in [4.69, 9.17) is 4.74 Å². The second-order valence-corrected chi connectivity index (χ2v) is 6.68. The predicted octanol–water partition coefficient (Wildman–Crippen LogP) is 4.45. The number of ether oxygens (including phenoxy) is 1. The van der Waals surface area contributed by atoms with Crippen LogP contribution in [0.3, 0.4) is 0 Å². The molecule has 1 atom stereocenters. The smallest absolute Gasteiger partial charge is 0.338 e. The van der Waals surface area contributed by atoms with Gasteiger partial charge in [0.2, 0.25) is 0 Å². The highest BCUT2D eigenvalue weighted by Crippen LogP contribution is 2.22. The molecule has 0 heterocycles. The number of carbonyl (C=O) groups excluding carboxylic acids is 2. The van der Waals surface area contributed by atoms with Gasteiger partial charge in [-0.25, -0.2) is 4.79 Å². The summed E-state index contributed by atoms with van der Waals surface area (Å²) >= 11 is 0. The van der Waals surface area contributed by atoms with Gasteiger partial charge in [-0.1, -0.05) is 78.4 Å². The van der Waals surface area contributed by atoms with Gasteiger partial charge in [-0.2, -0.15) is 0 Å². The Balaban J connectivity index is 1.73. The van der Waals surface area contributed by atoms with E-state index < -0.39 is 12.1 Å². The number of carbonyl (C=O) groups is 2. The zero-order valence-corrected chi connectivity index (χ0v) is 16.0. The van der Waals surface area contributed by atoms with Crippen molar-refractivity contribution >= 4 is 11.9 Å². The summed E-state index contributed by atoms with van der Waals surface area (Å²) < 4.78 is 5.37. The Labute approximate surface area is 165 Å². The zero-order valence-electron chi connectivity index (χ0n) is 16.0. The Morgan fingerprint density at radius 1 is 0.821 bits per heavy atom. The molecule has 3 rings (SSSR count). The lowest BCUT2D eigenvalue weighted by Crippen LogP contribution is -2.38. The average Bonchev–Trinajstić information content (AvgIpc) is 2.73. The largest absolute Gasteiger partial charge is 0.449 e. The fourth-order valence-electron chi connectivity index (χ4n) is 2.96. The molecule has 4 heteroatoms. The normalized spacial score (nSPS) is 11.7. The Morgan fingerprint density at radius 3 is 1.93 bits per heavy atom. The molecule has 0 saturated carbocycles. The van der Waals surface area contributed by atoms with Crippen molar-refractivity contribution in [3.8, 4) is 0 Å². The summed E-state index contributed by atoms with van der Waals surface area (Å²) in [6.07, 6.45) is -0.914. The molecule has 0 aliphatic heterocycles. The molecule has 0 bridgehead atoms. The first-order valence-corrected chi connectivity index (χ1v) is 9.22. The van der Waals surface area contributed by atoms with E-state index in [1.807, 2.05) is 73.7 Å². The van der Waals surface area contributed by atoms with Crippen LogP contribution in [-0.4, -0.2) is 18.0 Å². The van der Waals surface area contributed by atoms with Gasteiger partial charge in [0.25, 0.3) is 5.91 Å². The van der Waals surface area contributed by atoms with Crippen molar-refractivity contribution in [2.24, 2.45) is 0 Å². The van der Waals surface area contributed by atoms with E-state index in [0.29, 0.717) is 5.56 Å². The van der Waals surface area contributed by atoms with Gasteiger partial charge in [0.1, 0.15) is 0 Å². The first-order chi connectivity index (χ1) is 13.5. The lowest BCUT2D eigenvalue weighted by atomic mass is 9.98. The van der Waals surface area contributed by atoms with Gasteiger partial charge in [0.15, 0.2) is 6.10 Å². The fraction of sp³-hybridized carbons (Fsp3) is 0.167. The van der Waals surface area contributed by atoms with E-state index >= 15 is 0 Å². The third kappa shape index (κ3) is 4.86. The van der Waals surface area contributed by atoms with Crippen LogP contribution in [0.15, 0.2) is 84.9 Å². The molecule has 4 nitrogen and oxygen atoms in total. The Kier molecular flexibility index (Phi) is 6.22. The van der Waals surface area contributed by atoms with Crippen LogP contribution in [0.25, 0.3) is 0 Å². The van der Waals surface area contributed by atoms with Crippen LogP contribution < -0.4 is 5.32 Å². The standard InChI is InChI=1S/C24H23NO3/c1-17-10-9-15-21(16-17)24(27)28-18(2)23(26)25-22(19-11-5-3-6-12-19)20-13-7-4-8-14-20/h3-16,18,22H,1-2H3,(H,25,26)/t18-/m0/s1. The maximum absolute atomic E-state index is 12.7. The van der Waals surface area contributed by atoms with E-state index in [2.05, 4.69) is 5.32 Å². The second kappa shape index (κ2) is 9.00. The molecule has 0 fully saturated rings. The topological polar surface area (TPSA) is 55.4 Å². The number of amides is 1. The Morgan fingerprint density at radius 2 is 1.39 bits per heavy atom. The maximum atomic E-state index is 12.7. The minimum absolute atomic E-state index is 0.324. The van der Waals surface area contributed by atoms with Crippen molar-refractivity contribution in [3.63, 3.8) is 0 Å². The third-order valence-electron chi connectivity index (χ3n) is 4.46. The molecular formula is C24H23NO3. The lowest BCUT2D eigenvalue weighted by molar-refractivity contribution is -0.129. The van der Waals surface area contributed by atoms with Gasteiger partial charge in [0.05, 0.1) is 11.6 Å². The summed E-state index contributed by atoms with van der Waals surface area (Å²) in [7, 11) is 0. The van der Waals surface area contributed by atoms with E-state index in [0.717, 1.165) is 16.7 Å². The zero-order chi connectivity index (χ0) is 19.9. The third-order valence-corrected chi connectivity index (χ3v) is 4.46. The first-order valence-electron chi connectivity index (χ1n) is 9.22. The average molecular weight is 373 g/mol. The molecule has 0 unspecified atom stereocenters. The van der Waals surface area contributed by atoms with Crippen LogP contribution in [0, 0.1) is 6.92 Å². The lowest BCUT2D eigenvalue weighted by Gasteiger charge is -2.22. The molecule has 0 aliphatic rings. The molecule has 28 heavy (non-hydrogen) atoms. The molecule has 3 aromatic rings. The van der Waals surface area contributed by atoms with Gasteiger partial charge in [-0.15, -0.1) is 0 Å². The van der Waals surface area contributed by atoms with Crippen molar-refractivity contribution in [2.75, 3.05) is 0 Å². The number of nitrogens with one attached hydrogen (secondary N) is 1. The highest BCUT2D eigenvalue weighted by atomic mass is 16.5. The monoisotopic (exact) mass is 373 g/mol. The van der Waals surface area contributed by atoms with Crippen molar-refractivity contribution in [2.45, 2.75) is 26.0 Å². The van der Waals surface area contributed by atoms with Crippen LogP contribution in [0.1, 0.15) is 40.0 Å². The van der Waals surface area contributed by atoms with Gasteiger partial charge < -0.3 is 10.1 Å². The molecule has 0 saturated heterocycles. The molecule has 3 aromatic carbocycles. The Bertz CT molecular complexity index is 899.